The first-order chi connectivity index (χ1) is 6.22. The molecule has 0 saturated heterocycles. The van der Waals surface area contributed by atoms with Gasteiger partial charge in [-0.15, -0.1) is 0 Å². The van der Waals surface area contributed by atoms with Crippen molar-refractivity contribution in [3.05, 3.63) is 17.5 Å². The number of nitriles is 1. The van der Waals surface area contributed by atoms with Crippen LogP contribution in [0.15, 0.2) is 6.20 Å². The minimum atomic E-state index is 0.347. The van der Waals surface area contributed by atoms with Gasteiger partial charge in [-0.2, -0.15) is 10.4 Å². The van der Waals surface area contributed by atoms with E-state index in [4.69, 9.17) is 5.26 Å². The summed E-state index contributed by atoms with van der Waals surface area (Å²) in [5.41, 5.74) is 1.77. The van der Waals surface area contributed by atoms with Crippen molar-refractivity contribution < 1.29 is 0 Å². The molecule has 0 radical (unpaired) electrons. The fourth-order valence-electron chi connectivity index (χ4n) is 1.45. The van der Waals surface area contributed by atoms with Gasteiger partial charge in [-0.25, -0.2) is 0 Å². The number of hydrogen-bond acceptors (Lipinski definition) is 2. The van der Waals surface area contributed by atoms with E-state index in [1.165, 1.54) is 12.8 Å². The van der Waals surface area contributed by atoms with Crippen molar-refractivity contribution in [2.75, 3.05) is 0 Å². The van der Waals surface area contributed by atoms with Crippen molar-refractivity contribution >= 4 is 0 Å². The maximum Gasteiger partial charge on any atom is 0.165 e. The molecule has 1 fully saturated rings. The van der Waals surface area contributed by atoms with E-state index in [1.807, 2.05) is 10.9 Å². The number of aromatic nitrogens is 2. The van der Waals surface area contributed by atoms with Gasteiger partial charge in [0.1, 0.15) is 6.07 Å². The van der Waals surface area contributed by atoms with E-state index in [0.29, 0.717) is 17.7 Å². The Bertz CT molecular complexity index is 353. The van der Waals surface area contributed by atoms with Crippen LogP contribution in [0.5, 0.6) is 0 Å². The van der Waals surface area contributed by atoms with E-state index in [2.05, 4.69) is 25.0 Å². The topological polar surface area (TPSA) is 41.6 Å². The fourth-order valence-corrected chi connectivity index (χ4v) is 1.45. The highest BCUT2D eigenvalue weighted by atomic mass is 15.3. The van der Waals surface area contributed by atoms with Crippen LogP contribution in [0, 0.1) is 11.3 Å². The van der Waals surface area contributed by atoms with Crippen LogP contribution in [0.3, 0.4) is 0 Å². The molecule has 0 bridgehead atoms. The van der Waals surface area contributed by atoms with Crippen LogP contribution in [0.4, 0.5) is 0 Å². The summed E-state index contributed by atoms with van der Waals surface area (Å²) in [5, 5.41) is 13.1. The van der Waals surface area contributed by atoms with Gasteiger partial charge < -0.3 is 0 Å². The summed E-state index contributed by atoms with van der Waals surface area (Å²) in [6, 6.07) is 2.51. The van der Waals surface area contributed by atoms with Crippen LogP contribution < -0.4 is 0 Å². The van der Waals surface area contributed by atoms with Crippen molar-refractivity contribution in [3.63, 3.8) is 0 Å². The Kier molecular flexibility index (Phi) is 1.84. The van der Waals surface area contributed by atoms with Gasteiger partial charge in [0.15, 0.2) is 5.69 Å². The third-order valence-electron chi connectivity index (χ3n) is 2.41. The summed E-state index contributed by atoms with van der Waals surface area (Å²) in [6.07, 6.45) is 4.47. The lowest BCUT2D eigenvalue weighted by Gasteiger charge is -2.02. The van der Waals surface area contributed by atoms with Crippen LogP contribution in [0.25, 0.3) is 0 Å². The zero-order chi connectivity index (χ0) is 9.42. The molecule has 0 aromatic carbocycles. The monoisotopic (exact) mass is 175 g/mol. The molecule has 1 aliphatic carbocycles. The van der Waals surface area contributed by atoms with E-state index in [0.717, 1.165) is 5.56 Å². The summed E-state index contributed by atoms with van der Waals surface area (Å²) in [4.78, 5) is 0. The van der Waals surface area contributed by atoms with Crippen LogP contribution in [0.1, 0.15) is 49.9 Å². The predicted molar refractivity (Wildman–Crippen MR) is 49.3 cm³/mol. The van der Waals surface area contributed by atoms with Gasteiger partial charge >= 0.3 is 0 Å². The maximum absolute atomic E-state index is 8.86. The zero-order valence-corrected chi connectivity index (χ0v) is 7.99. The highest BCUT2D eigenvalue weighted by Crippen LogP contribution is 2.41. The summed E-state index contributed by atoms with van der Waals surface area (Å²) in [7, 11) is 0. The highest BCUT2D eigenvalue weighted by Gasteiger charge is 2.28. The SMILES string of the molecule is CC(C)n1cc(C2CC2)c(C#N)n1. The third kappa shape index (κ3) is 1.44. The second kappa shape index (κ2) is 2.88. The van der Waals surface area contributed by atoms with Gasteiger partial charge in [-0.05, 0) is 32.6 Å². The normalized spacial score (nSPS) is 16.2. The van der Waals surface area contributed by atoms with Crippen molar-refractivity contribution in [1.82, 2.24) is 9.78 Å². The van der Waals surface area contributed by atoms with E-state index in [-0.39, 0.29) is 0 Å². The summed E-state index contributed by atoms with van der Waals surface area (Å²) >= 11 is 0. The smallest absolute Gasteiger partial charge is 0.165 e. The van der Waals surface area contributed by atoms with Crippen LogP contribution >= 0.6 is 0 Å². The number of hydrogen-bond donors (Lipinski definition) is 0. The Morgan fingerprint density at radius 2 is 2.31 bits per heavy atom. The molecule has 1 aliphatic rings. The molecule has 1 heterocycles. The molecule has 1 saturated carbocycles. The Morgan fingerprint density at radius 3 is 2.77 bits per heavy atom. The van der Waals surface area contributed by atoms with Crippen molar-refractivity contribution in [2.45, 2.75) is 38.6 Å². The molecule has 0 N–H and O–H groups in total. The molecule has 0 atom stereocenters. The third-order valence-corrected chi connectivity index (χ3v) is 2.41. The molecule has 1 aromatic heterocycles. The van der Waals surface area contributed by atoms with Crippen molar-refractivity contribution in [2.24, 2.45) is 0 Å². The zero-order valence-electron chi connectivity index (χ0n) is 7.99. The Labute approximate surface area is 78.0 Å². The molecule has 13 heavy (non-hydrogen) atoms. The maximum atomic E-state index is 8.86. The van der Waals surface area contributed by atoms with Crippen LogP contribution in [-0.4, -0.2) is 9.78 Å². The molecule has 0 amide bonds. The van der Waals surface area contributed by atoms with Crippen LogP contribution in [0.2, 0.25) is 0 Å². The molecule has 0 unspecified atom stereocenters. The van der Waals surface area contributed by atoms with Crippen molar-refractivity contribution in [1.29, 1.82) is 5.26 Å². The van der Waals surface area contributed by atoms with Crippen molar-refractivity contribution in [3.8, 4) is 6.07 Å². The molecular weight excluding hydrogens is 162 g/mol. The molecule has 3 heteroatoms. The lowest BCUT2D eigenvalue weighted by molar-refractivity contribution is 0.530. The quantitative estimate of drug-likeness (QED) is 0.691. The first-order valence-electron chi connectivity index (χ1n) is 4.71. The Hall–Kier alpha value is -1.30. The molecule has 3 nitrogen and oxygen atoms in total. The molecule has 2 rings (SSSR count). The summed E-state index contributed by atoms with van der Waals surface area (Å²) < 4.78 is 1.88. The summed E-state index contributed by atoms with van der Waals surface area (Å²) in [5.74, 6) is 0.613. The number of nitrogens with zero attached hydrogens (tertiary/aromatic N) is 3. The minimum absolute atomic E-state index is 0.347. The second-order valence-electron chi connectivity index (χ2n) is 3.89. The molecule has 1 aromatic rings. The van der Waals surface area contributed by atoms with Gasteiger partial charge in [-0.1, -0.05) is 0 Å². The first kappa shape index (κ1) is 8.31. The minimum Gasteiger partial charge on any atom is -0.269 e. The predicted octanol–water partition coefficient (Wildman–Crippen LogP) is 2.21. The number of rotatable bonds is 2. The average Bonchev–Trinajstić information content (AvgIpc) is 2.84. The van der Waals surface area contributed by atoms with Gasteiger partial charge in [0.25, 0.3) is 0 Å². The molecule has 0 aliphatic heterocycles. The largest absolute Gasteiger partial charge is 0.269 e. The molecular formula is C10H13N3. The van der Waals surface area contributed by atoms with Gasteiger partial charge in [0.05, 0.1) is 0 Å². The average molecular weight is 175 g/mol. The molecule has 68 valence electrons. The lowest BCUT2D eigenvalue weighted by Crippen LogP contribution is -2.00. The Morgan fingerprint density at radius 1 is 1.62 bits per heavy atom. The first-order valence-corrected chi connectivity index (χ1v) is 4.71. The Balaban J connectivity index is 2.38. The second-order valence-corrected chi connectivity index (χ2v) is 3.89. The van der Waals surface area contributed by atoms with E-state index >= 15 is 0 Å². The molecule has 0 spiro atoms. The summed E-state index contributed by atoms with van der Waals surface area (Å²) in [6.45, 7) is 4.15. The van der Waals surface area contributed by atoms with E-state index < -0.39 is 0 Å². The lowest BCUT2D eigenvalue weighted by atomic mass is 10.2. The van der Waals surface area contributed by atoms with Gasteiger partial charge in [-0.3, -0.25) is 4.68 Å². The van der Waals surface area contributed by atoms with Gasteiger partial charge in [0, 0.05) is 17.8 Å². The van der Waals surface area contributed by atoms with Crippen LogP contribution in [-0.2, 0) is 0 Å². The van der Waals surface area contributed by atoms with E-state index in [9.17, 15) is 0 Å². The van der Waals surface area contributed by atoms with Gasteiger partial charge in [0.2, 0.25) is 0 Å². The fraction of sp³-hybridized carbons (Fsp3) is 0.600. The standard InChI is InChI=1S/C10H13N3/c1-7(2)13-6-9(8-3-4-8)10(5-11)12-13/h6-8H,3-4H2,1-2H3. The van der Waals surface area contributed by atoms with E-state index in [1.54, 1.807) is 0 Å². The highest BCUT2D eigenvalue weighted by molar-refractivity contribution is 5.34.